The second-order valence-electron chi connectivity index (χ2n) is 3.86. The van der Waals surface area contributed by atoms with Gasteiger partial charge in [0.15, 0.2) is 0 Å². The molecule has 0 radical (unpaired) electrons. The number of carbonyl (C=O) groups is 2. The van der Waals surface area contributed by atoms with Gasteiger partial charge in [-0.3, -0.25) is 9.89 Å². The second-order valence-corrected chi connectivity index (χ2v) is 3.86. The number of hydrogen-bond acceptors (Lipinski definition) is 4. The molecule has 0 saturated carbocycles. The molecule has 0 aromatic carbocycles. The third-order valence-corrected chi connectivity index (χ3v) is 1.92. The summed E-state index contributed by atoms with van der Waals surface area (Å²) < 4.78 is 0. The van der Waals surface area contributed by atoms with Crippen molar-refractivity contribution in [1.82, 2.24) is 15.5 Å². The van der Waals surface area contributed by atoms with Crippen molar-refractivity contribution >= 4 is 17.7 Å². The molecule has 0 aliphatic carbocycles. The van der Waals surface area contributed by atoms with E-state index in [1.807, 2.05) is 0 Å². The maximum absolute atomic E-state index is 11.3. The van der Waals surface area contributed by atoms with Crippen LogP contribution in [0.4, 0.5) is 10.5 Å². The van der Waals surface area contributed by atoms with Gasteiger partial charge in [-0.05, 0) is 6.92 Å². The lowest BCUT2D eigenvalue weighted by molar-refractivity contribution is -0.141. The lowest BCUT2D eigenvalue weighted by Crippen LogP contribution is -2.43. The smallest absolute Gasteiger partial charge is 0.319 e. The number of nitrogens with zero attached hydrogens (tertiary/aromatic N) is 1. The molecule has 1 aromatic rings. The Balaban J connectivity index is 2.35. The Morgan fingerprint density at radius 1 is 1.59 bits per heavy atom. The molecule has 0 aliphatic rings. The lowest BCUT2D eigenvalue weighted by Gasteiger charge is -2.21. The maximum atomic E-state index is 11.3. The van der Waals surface area contributed by atoms with Gasteiger partial charge in [0.25, 0.3) is 0 Å². The van der Waals surface area contributed by atoms with E-state index in [1.165, 1.54) is 19.3 Å². The van der Waals surface area contributed by atoms with E-state index in [2.05, 4.69) is 20.8 Å². The summed E-state index contributed by atoms with van der Waals surface area (Å²) in [6.07, 6.45) is 2.45. The van der Waals surface area contributed by atoms with Crippen molar-refractivity contribution in [3.63, 3.8) is 0 Å². The molecule has 17 heavy (non-hydrogen) atoms. The van der Waals surface area contributed by atoms with Gasteiger partial charge >= 0.3 is 12.0 Å². The molecule has 0 bridgehead atoms. The van der Waals surface area contributed by atoms with Crippen LogP contribution >= 0.6 is 0 Å². The Morgan fingerprint density at radius 2 is 2.29 bits per heavy atom. The standard InChI is InChI=1S/C9H14N4O4/c1-9(17,2-7(14)15)5-10-8(16)13-6-3-11-12-4-6/h3-4,17H,2,5H2,1H3,(H,11,12)(H,14,15)(H2,10,13,16). The summed E-state index contributed by atoms with van der Waals surface area (Å²) in [5.41, 5.74) is -1.01. The zero-order chi connectivity index (χ0) is 12.9. The number of nitrogens with one attached hydrogen (secondary N) is 3. The normalized spacial score (nSPS) is 13.8. The first-order valence-corrected chi connectivity index (χ1v) is 4.87. The first-order valence-electron chi connectivity index (χ1n) is 4.87. The van der Waals surface area contributed by atoms with Crippen LogP contribution in [0.2, 0.25) is 0 Å². The van der Waals surface area contributed by atoms with Gasteiger partial charge in [-0.1, -0.05) is 0 Å². The van der Waals surface area contributed by atoms with Crippen molar-refractivity contribution in [1.29, 1.82) is 0 Å². The molecular weight excluding hydrogens is 228 g/mol. The van der Waals surface area contributed by atoms with Crippen LogP contribution in [0.3, 0.4) is 0 Å². The van der Waals surface area contributed by atoms with Crippen LogP contribution in [0.5, 0.6) is 0 Å². The largest absolute Gasteiger partial charge is 0.481 e. The summed E-state index contributed by atoms with van der Waals surface area (Å²) in [5, 5.41) is 29.1. The number of aliphatic hydroxyl groups is 1. The zero-order valence-corrected chi connectivity index (χ0v) is 9.23. The minimum absolute atomic E-state index is 0.164. The topological polar surface area (TPSA) is 127 Å². The number of carboxylic acid groups (broad SMARTS) is 1. The minimum Gasteiger partial charge on any atom is -0.481 e. The van der Waals surface area contributed by atoms with Crippen molar-refractivity contribution in [2.24, 2.45) is 0 Å². The molecule has 1 aromatic heterocycles. The van der Waals surface area contributed by atoms with Crippen molar-refractivity contribution in [2.45, 2.75) is 18.9 Å². The van der Waals surface area contributed by atoms with Gasteiger partial charge in [-0.2, -0.15) is 5.10 Å². The molecule has 8 nitrogen and oxygen atoms in total. The number of carbonyl (C=O) groups excluding carboxylic acids is 1. The number of amides is 2. The predicted molar refractivity (Wildman–Crippen MR) is 58.5 cm³/mol. The Morgan fingerprint density at radius 3 is 2.82 bits per heavy atom. The Hall–Kier alpha value is -2.09. The summed E-state index contributed by atoms with van der Waals surface area (Å²) in [4.78, 5) is 21.7. The lowest BCUT2D eigenvalue weighted by atomic mass is 10.0. The summed E-state index contributed by atoms with van der Waals surface area (Å²) in [6, 6.07) is -0.544. The fourth-order valence-corrected chi connectivity index (χ4v) is 1.15. The molecule has 1 heterocycles. The van der Waals surface area contributed by atoms with Crippen LogP contribution in [0.15, 0.2) is 12.4 Å². The average Bonchev–Trinajstić information content (AvgIpc) is 2.65. The van der Waals surface area contributed by atoms with E-state index in [0.29, 0.717) is 5.69 Å². The van der Waals surface area contributed by atoms with Crippen molar-refractivity contribution in [2.75, 3.05) is 11.9 Å². The van der Waals surface area contributed by atoms with Gasteiger partial charge in [0.05, 0.1) is 23.9 Å². The Kier molecular flexibility index (Phi) is 4.05. The molecule has 94 valence electrons. The Bertz CT molecular complexity index is 388. The number of aromatic nitrogens is 2. The highest BCUT2D eigenvalue weighted by Gasteiger charge is 2.24. The molecule has 1 rings (SSSR count). The van der Waals surface area contributed by atoms with E-state index in [1.54, 1.807) is 0 Å². The molecule has 0 fully saturated rings. The number of H-pyrrole nitrogens is 1. The van der Waals surface area contributed by atoms with Gasteiger partial charge in [-0.25, -0.2) is 4.79 Å². The predicted octanol–water partition coefficient (Wildman–Crippen LogP) is -0.243. The van der Waals surface area contributed by atoms with E-state index in [4.69, 9.17) is 5.11 Å². The fourth-order valence-electron chi connectivity index (χ4n) is 1.15. The number of urea groups is 1. The zero-order valence-electron chi connectivity index (χ0n) is 9.23. The van der Waals surface area contributed by atoms with Crippen LogP contribution in [0.25, 0.3) is 0 Å². The molecule has 8 heteroatoms. The van der Waals surface area contributed by atoms with Crippen molar-refractivity contribution in [3.8, 4) is 0 Å². The maximum Gasteiger partial charge on any atom is 0.319 e. The van der Waals surface area contributed by atoms with Crippen molar-refractivity contribution < 1.29 is 19.8 Å². The molecule has 0 saturated heterocycles. The fraction of sp³-hybridized carbons (Fsp3) is 0.444. The highest BCUT2D eigenvalue weighted by atomic mass is 16.4. The first-order chi connectivity index (χ1) is 7.89. The molecule has 1 unspecified atom stereocenters. The van der Waals surface area contributed by atoms with Crippen LogP contribution in [0.1, 0.15) is 13.3 Å². The van der Waals surface area contributed by atoms with Gasteiger partial charge in [0, 0.05) is 12.7 Å². The highest BCUT2D eigenvalue weighted by Crippen LogP contribution is 2.07. The summed E-state index contributed by atoms with van der Waals surface area (Å²) in [6.45, 7) is 1.17. The number of aliphatic carboxylic acids is 1. The SMILES string of the molecule is CC(O)(CNC(=O)Nc1cn[nH]c1)CC(=O)O. The van der Waals surface area contributed by atoms with E-state index in [9.17, 15) is 14.7 Å². The van der Waals surface area contributed by atoms with E-state index < -0.39 is 24.0 Å². The third-order valence-electron chi connectivity index (χ3n) is 1.92. The molecule has 0 spiro atoms. The van der Waals surface area contributed by atoms with Crippen LogP contribution in [0, 0.1) is 0 Å². The van der Waals surface area contributed by atoms with Crippen molar-refractivity contribution in [3.05, 3.63) is 12.4 Å². The monoisotopic (exact) mass is 242 g/mol. The molecule has 1 atom stereocenters. The number of rotatable bonds is 5. The first kappa shape index (κ1) is 13.0. The van der Waals surface area contributed by atoms with Crippen LogP contribution < -0.4 is 10.6 Å². The third kappa shape index (κ3) is 4.98. The molecule has 2 amide bonds. The molecule has 5 N–H and O–H groups in total. The number of anilines is 1. The number of carboxylic acids is 1. The van der Waals surface area contributed by atoms with Crippen LogP contribution in [-0.2, 0) is 4.79 Å². The van der Waals surface area contributed by atoms with Crippen LogP contribution in [-0.4, -0.2) is 44.6 Å². The van der Waals surface area contributed by atoms with Gasteiger partial charge in [-0.15, -0.1) is 0 Å². The highest BCUT2D eigenvalue weighted by molar-refractivity contribution is 5.88. The molecular formula is C9H14N4O4. The van der Waals surface area contributed by atoms with Gasteiger partial charge in [0.2, 0.25) is 0 Å². The number of aromatic amines is 1. The van der Waals surface area contributed by atoms with E-state index in [0.717, 1.165) is 0 Å². The van der Waals surface area contributed by atoms with Gasteiger partial charge < -0.3 is 20.8 Å². The quantitative estimate of drug-likeness (QED) is 0.486. The Labute approximate surface area is 97.0 Å². The number of hydrogen-bond donors (Lipinski definition) is 5. The average molecular weight is 242 g/mol. The molecule has 0 aliphatic heterocycles. The van der Waals surface area contributed by atoms with E-state index in [-0.39, 0.29) is 6.54 Å². The second kappa shape index (κ2) is 5.30. The minimum atomic E-state index is -1.49. The summed E-state index contributed by atoms with van der Waals surface area (Å²) >= 11 is 0. The van der Waals surface area contributed by atoms with E-state index >= 15 is 0 Å². The summed E-state index contributed by atoms with van der Waals surface area (Å²) in [5.74, 6) is -1.13. The van der Waals surface area contributed by atoms with Gasteiger partial charge in [0.1, 0.15) is 0 Å². The summed E-state index contributed by atoms with van der Waals surface area (Å²) in [7, 11) is 0.